The van der Waals surface area contributed by atoms with E-state index in [1.54, 1.807) is 48.5 Å². The molecule has 0 saturated carbocycles. The van der Waals surface area contributed by atoms with E-state index in [2.05, 4.69) is 30.6 Å². The molecule has 0 radical (unpaired) electrons. The van der Waals surface area contributed by atoms with Crippen LogP contribution in [0.2, 0.25) is 10.0 Å². The first kappa shape index (κ1) is 37.0. The van der Waals surface area contributed by atoms with E-state index in [0.717, 1.165) is 37.1 Å². The number of aliphatic imine (C=N–C) groups is 4. The molecule has 2 rings (SSSR count). The second kappa shape index (κ2) is 20.8. The topological polar surface area (TPSA) is 178 Å². The van der Waals surface area contributed by atoms with E-state index in [0.29, 0.717) is 23.1 Å². The predicted octanol–water partition coefficient (Wildman–Crippen LogP) is -3.04. The van der Waals surface area contributed by atoms with Gasteiger partial charge in [-0.2, -0.15) is 9.98 Å². The molecule has 0 atom stereocenters. The number of halogens is 4. The zero-order chi connectivity index (χ0) is 24.8. The van der Waals surface area contributed by atoms with E-state index < -0.39 is 0 Å². The van der Waals surface area contributed by atoms with Crippen LogP contribution in [0, 0.1) is 0 Å². The van der Waals surface area contributed by atoms with Gasteiger partial charge in [-0.05, 0) is 61.4 Å². The van der Waals surface area contributed by atoms with Crippen molar-refractivity contribution in [1.82, 2.24) is 0 Å². The summed E-state index contributed by atoms with van der Waals surface area (Å²) in [5.41, 5.74) is 24.8. The molecular weight excluding hydrogens is 601 g/mol. The van der Waals surface area contributed by atoms with Crippen molar-refractivity contribution in [1.29, 1.82) is 0 Å². The van der Waals surface area contributed by atoms with Crippen molar-refractivity contribution in [2.75, 3.05) is 23.7 Å². The predicted molar refractivity (Wildman–Crippen MR) is 151 cm³/mol. The van der Waals surface area contributed by atoms with Crippen LogP contribution in [0.1, 0.15) is 25.7 Å². The van der Waals surface area contributed by atoms with Gasteiger partial charge in [-0.3, -0.25) is 9.98 Å². The van der Waals surface area contributed by atoms with Gasteiger partial charge in [0.1, 0.15) is 0 Å². The zero-order valence-electron chi connectivity index (χ0n) is 20.2. The minimum Gasteiger partial charge on any atom is -1.00 e. The molecule has 0 aromatic heterocycles. The van der Waals surface area contributed by atoms with Crippen LogP contribution >= 0.6 is 23.2 Å². The monoisotopic (exact) mass is 630 g/mol. The third-order valence-electron chi connectivity index (χ3n) is 4.32. The van der Waals surface area contributed by atoms with Crippen molar-refractivity contribution in [2.45, 2.75) is 25.7 Å². The van der Waals surface area contributed by atoms with Crippen LogP contribution in [0.15, 0.2) is 68.5 Å². The first-order valence-corrected chi connectivity index (χ1v) is 11.4. The average Bonchev–Trinajstić information content (AvgIpc) is 2.78. The van der Waals surface area contributed by atoms with Gasteiger partial charge in [-0.1, -0.05) is 36.0 Å². The molecule has 198 valence electrons. The number of guanidine groups is 4. The number of nitrogens with one attached hydrogen (secondary N) is 2. The molecule has 0 aliphatic heterocycles. The Labute approximate surface area is 262 Å². The normalized spacial score (nSPS) is 12.1. The van der Waals surface area contributed by atoms with Crippen molar-refractivity contribution in [3.63, 3.8) is 0 Å². The van der Waals surface area contributed by atoms with E-state index in [9.17, 15) is 0 Å². The number of rotatable bonds is 9. The summed E-state index contributed by atoms with van der Waals surface area (Å²) in [6, 6.07) is 14.1. The van der Waals surface area contributed by atoms with Gasteiger partial charge in [-0.15, -0.1) is 0 Å². The van der Waals surface area contributed by atoms with Gasteiger partial charge in [0.15, 0.2) is 0 Å². The van der Waals surface area contributed by atoms with Gasteiger partial charge >= 0.3 is 45.5 Å². The molecule has 0 saturated heterocycles. The minimum atomic E-state index is 0. The maximum atomic E-state index is 5.85. The van der Waals surface area contributed by atoms with Crippen molar-refractivity contribution in [3.05, 3.63) is 58.6 Å². The SMILES string of the molecule is NC(=NCCCCCCN=C(N)N=C(N)Nc1ccc(Cl)cc1)N=C(N)Nc1ccc(Cl)cc1.[F-].[F-].[Sr+2]. The number of hydrogen-bond acceptors (Lipinski definition) is 2. The van der Waals surface area contributed by atoms with Crippen LogP contribution in [-0.2, 0) is 0 Å². The Hall–Kier alpha value is -2.16. The number of nitrogens with two attached hydrogens (primary N) is 4. The molecule has 2 aromatic rings. The van der Waals surface area contributed by atoms with Gasteiger partial charge in [0.25, 0.3) is 0 Å². The van der Waals surface area contributed by atoms with E-state index in [4.69, 9.17) is 46.1 Å². The van der Waals surface area contributed by atoms with Crippen LogP contribution in [0.25, 0.3) is 0 Å². The maximum absolute atomic E-state index is 5.85. The molecule has 10 N–H and O–H groups in total. The summed E-state index contributed by atoms with van der Waals surface area (Å²) in [5.74, 6) is 0.564. The van der Waals surface area contributed by atoms with Crippen molar-refractivity contribution < 1.29 is 9.41 Å². The fourth-order valence-corrected chi connectivity index (χ4v) is 2.95. The van der Waals surface area contributed by atoms with E-state index in [1.807, 2.05) is 0 Å². The molecule has 0 spiro atoms. The summed E-state index contributed by atoms with van der Waals surface area (Å²) in [6.45, 7) is 1.12. The Balaban J connectivity index is 0. The summed E-state index contributed by atoms with van der Waals surface area (Å²) in [4.78, 5) is 16.5. The summed E-state index contributed by atoms with van der Waals surface area (Å²) in [5, 5.41) is 7.11. The molecule has 37 heavy (non-hydrogen) atoms. The first-order valence-electron chi connectivity index (χ1n) is 10.6. The van der Waals surface area contributed by atoms with E-state index >= 15 is 0 Å². The van der Waals surface area contributed by atoms with Gasteiger partial charge in [0.05, 0.1) is 0 Å². The molecule has 0 heterocycles. The third-order valence-corrected chi connectivity index (χ3v) is 4.82. The van der Waals surface area contributed by atoms with Crippen LogP contribution in [0.3, 0.4) is 0 Å². The van der Waals surface area contributed by atoms with Gasteiger partial charge < -0.3 is 43.0 Å². The maximum Gasteiger partial charge on any atom is 2.00 e. The Morgan fingerprint density at radius 2 is 0.919 bits per heavy atom. The number of nitrogens with zero attached hydrogens (tertiary/aromatic N) is 4. The molecule has 0 fully saturated rings. The molecule has 2 aromatic carbocycles. The van der Waals surface area contributed by atoms with Crippen molar-refractivity contribution >= 4 is 104 Å². The van der Waals surface area contributed by atoms with Crippen LogP contribution in [0.4, 0.5) is 11.4 Å². The van der Waals surface area contributed by atoms with Gasteiger partial charge in [0.2, 0.25) is 23.8 Å². The third kappa shape index (κ3) is 17.1. The fraction of sp³-hybridized carbons (Fsp3) is 0.273. The molecule has 0 unspecified atom stereocenters. The minimum absolute atomic E-state index is 0. The number of unbranched alkanes of at least 4 members (excludes halogenated alkanes) is 3. The number of hydrogen-bond donors (Lipinski definition) is 6. The van der Waals surface area contributed by atoms with Crippen molar-refractivity contribution in [2.24, 2.45) is 42.9 Å². The molecule has 0 aliphatic rings. The summed E-state index contributed by atoms with van der Waals surface area (Å²) < 4.78 is 0. The van der Waals surface area contributed by atoms with Crippen LogP contribution < -0.4 is 43.0 Å². The zero-order valence-corrected chi connectivity index (χ0v) is 25.2. The second-order valence-corrected chi connectivity index (χ2v) is 8.02. The number of anilines is 2. The molecular formula is C22H30Cl2F2N10Sr. The summed E-state index contributed by atoms with van der Waals surface area (Å²) >= 11 is 11.7. The Morgan fingerprint density at radius 1 is 0.595 bits per heavy atom. The summed E-state index contributed by atoms with van der Waals surface area (Å²) in [7, 11) is 0. The van der Waals surface area contributed by atoms with Crippen LogP contribution in [-0.4, -0.2) is 82.4 Å². The molecule has 0 bridgehead atoms. The number of benzene rings is 2. The summed E-state index contributed by atoms with van der Waals surface area (Å²) in [6.07, 6.45) is 3.68. The first-order chi connectivity index (χ1) is 16.3. The smallest absolute Gasteiger partial charge is 1.00 e. The Kier molecular flexibility index (Phi) is 20.8. The quantitative estimate of drug-likeness (QED) is 0.0743. The van der Waals surface area contributed by atoms with E-state index in [-0.39, 0.29) is 78.7 Å². The standard InChI is InChI=1S/C22H30Cl2N10.2FH.Sr/c23-15-5-9-17(10-6-15)31-21(27)33-19(25)29-13-3-1-2-4-14-30-20(26)34-22(28)32-18-11-7-16(24)8-12-18;;;/h5-12H,1-4,13-14H2,(H5,25,27,29,31,33)(H5,26,28,30,32,34);2*1H;/q;;;+2/p-2. The second-order valence-electron chi connectivity index (χ2n) is 7.15. The molecule has 15 heteroatoms. The van der Waals surface area contributed by atoms with Crippen LogP contribution in [0.5, 0.6) is 0 Å². The van der Waals surface area contributed by atoms with E-state index in [1.165, 1.54) is 0 Å². The fourth-order valence-electron chi connectivity index (χ4n) is 2.70. The van der Waals surface area contributed by atoms with Gasteiger partial charge in [0, 0.05) is 34.5 Å². The van der Waals surface area contributed by atoms with Gasteiger partial charge in [-0.25, -0.2) is 0 Å². The largest absolute Gasteiger partial charge is 2.00 e. The average molecular weight is 631 g/mol. The molecule has 0 amide bonds. The molecule has 10 nitrogen and oxygen atoms in total. The Bertz CT molecular complexity index is 949. The Morgan fingerprint density at radius 3 is 1.24 bits per heavy atom. The van der Waals surface area contributed by atoms with Crippen molar-refractivity contribution in [3.8, 4) is 0 Å². The molecule has 0 aliphatic carbocycles.